The van der Waals surface area contributed by atoms with Crippen molar-refractivity contribution in [2.75, 3.05) is 0 Å². The summed E-state index contributed by atoms with van der Waals surface area (Å²) in [6.45, 7) is 0. The molecule has 53 heavy (non-hydrogen) atoms. The summed E-state index contributed by atoms with van der Waals surface area (Å²) in [5.41, 5.74) is 9.82. The molecule has 2 aromatic heterocycles. The molecule has 0 saturated carbocycles. The van der Waals surface area contributed by atoms with Gasteiger partial charge in [-0.2, -0.15) is 0 Å². The van der Waals surface area contributed by atoms with Gasteiger partial charge in [-0.25, -0.2) is 24.9 Å². The van der Waals surface area contributed by atoms with E-state index in [-0.39, 0.29) is 0 Å². The molecule has 10 rings (SSSR count). The Morgan fingerprint density at radius 1 is 0.321 bits per heavy atom. The molecule has 0 atom stereocenters. The van der Waals surface area contributed by atoms with Gasteiger partial charge in [0.25, 0.3) is 0 Å². The van der Waals surface area contributed by atoms with Gasteiger partial charge < -0.3 is 0 Å². The number of aromatic nitrogens is 5. The first kappa shape index (κ1) is 30.7. The molecule has 5 heteroatoms. The Kier molecular flexibility index (Phi) is 7.29. The normalized spacial score (nSPS) is 12.7. The third-order valence-electron chi connectivity index (χ3n) is 10.3. The summed E-state index contributed by atoms with van der Waals surface area (Å²) >= 11 is 0. The summed E-state index contributed by atoms with van der Waals surface area (Å²) in [7, 11) is 0. The van der Waals surface area contributed by atoms with Crippen molar-refractivity contribution < 1.29 is 0 Å². The van der Waals surface area contributed by atoms with Crippen LogP contribution in [0.1, 0.15) is 22.4 Å². The average Bonchev–Trinajstić information content (AvgIpc) is 3.55. The molecule has 248 valence electrons. The Hall–Kier alpha value is -7.11. The maximum Gasteiger partial charge on any atom is 0.164 e. The van der Waals surface area contributed by atoms with Crippen LogP contribution in [-0.2, 0) is 5.41 Å². The highest BCUT2D eigenvalue weighted by molar-refractivity contribution is 6.03. The van der Waals surface area contributed by atoms with Crippen LogP contribution in [0.3, 0.4) is 0 Å². The Labute approximate surface area is 307 Å². The zero-order valence-electron chi connectivity index (χ0n) is 28.6. The fraction of sp³-hybridized carbons (Fsp3) is 0.0208. The largest absolute Gasteiger partial charge is 0.236 e. The van der Waals surface area contributed by atoms with Crippen molar-refractivity contribution in [3.05, 3.63) is 211 Å². The summed E-state index contributed by atoms with van der Waals surface area (Å²) in [6.07, 6.45) is 2.01. The quantitative estimate of drug-likeness (QED) is 0.175. The van der Waals surface area contributed by atoms with Gasteiger partial charge in [0, 0.05) is 34.0 Å². The van der Waals surface area contributed by atoms with Crippen molar-refractivity contribution in [3.8, 4) is 56.7 Å². The van der Waals surface area contributed by atoms with Crippen LogP contribution < -0.4 is 0 Å². The molecule has 0 saturated heterocycles. The predicted molar refractivity (Wildman–Crippen MR) is 212 cm³/mol. The third-order valence-corrected chi connectivity index (χ3v) is 10.3. The Morgan fingerprint density at radius 3 is 1.34 bits per heavy atom. The molecule has 5 nitrogen and oxygen atoms in total. The molecule has 0 radical (unpaired) electrons. The zero-order chi connectivity index (χ0) is 35.2. The highest BCUT2D eigenvalue weighted by atomic mass is 15.0. The monoisotopic (exact) mass is 677 g/mol. The van der Waals surface area contributed by atoms with E-state index in [9.17, 15) is 0 Å². The zero-order valence-corrected chi connectivity index (χ0v) is 28.6. The van der Waals surface area contributed by atoms with E-state index in [4.69, 9.17) is 24.9 Å². The lowest BCUT2D eigenvalue weighted by atomic mass is 9.69. The molecular weight excluding hydrogens is 647 g/mol. The number of hydrogen-bond acceptors (Lipinski definition) is 5. The van der Waals surface area contributed by atoms with Crippen LogP contribution in [0.4, 0.5) is 0 Å². The maximum absolute atomic E-state index is 5.55. The minimum Gasteiger partial charge on any atom is -0.236 e. The SMILES string of the molecule is c1ccc(-c2nc(-c3ccccc3)nc(-c3ccc(-c4ncc5c(n4)C(c4ccccc4)(c4ccccc4)c4ccccc4-5)c4ccccc34)n2)cc1. The smallest absolute Gasteiger partial charge is 0.164 e. The van der Waals surface area contributed by atoms with Crippen molar-refractivity contribution in [1.29, 1.82) is 0 Å². The molecule has 0 aliphatic heterocycles. The van der Waals surface area contributed by atoms with E-state index < -0.39 is 5.41 Å². The van der Waals surface area contributed by atoms with Gasteiger partial charge in [0.05, 0.1) is 11.1 Å². The number of fused-ring (bicyclic) bond motifs is 4. The minimum absolute atomic E-state index is 0.609. The van der Waals surface area contributed by atoms with E-state index in [0.29, 0.717) is 23.3 Å². The summed E-state index contributed by atoms with van der Waals surface area (Å²) in [6, 6.07) is 62.9. The van der Waals surface area contributed by atoms with Gasteiger partial charge in [0.2, 0.25) is 0 Å². The van der Waals surface area contributed by atoms with Gasteiger partial charge >= 0.3 is 0 Å². The van der Waals surface area contributed by atoms with E-state index >= 15 is 0 Å². The second-order valence-electron chi connectivity index (χ2n) is 13.2. The number of benzene rings is 7. The van der Waals surface area contributed by atoms with E-state index in [2.05, 4.69) is 121 Å². The Bertz CT molecular complexity index is 2670. The van der Waals surface area contributed by atoms with Crippen molar-refractivity contribution in [3.63, 3.8) is 0 Å². The third kappa shape index (κ3) is 4.97. The van der Waals surface area contributed by atoms with Gasteiger partial charge in [0.15, 0.2) is 23.3 Å². The van der Waals surface area contributed by atoms with E-state index in [0.717, 1.165) is 49.8 Å². The first-order chi connectivity index (χ1) is 26.3. The highest BCUT2D eigenvalue weighted by Crippen LogP contribution is 2.55. The molecule has 0 spiro atoms. The molecule has 0 bridgehead atoms. The molecule has 9 aromatic rings. The Balaban J connectivity index is 1.19. The standard InChI is InChI=1S/C48H31N5/c1-5-17-32(18-6-1)44-51-45(33-19-7-2-8-20-33)53-47(52-44)40-30-29-39(36-25-13-14-26-37(36)40)46-49-31-41-38-27-15-16-28-42(38)48(43(41)50-46,34-21-9-3-10-22-34)35-23-11-4-12-24-35/h1-31H. The maximum atomic E-state index is 5.55. The molecule has 0 amide bonds. The van der Waals surface area contributed by atoms with Crippen molar-refractivity contribution in [2.45, 2.75) is 5.41 Å². The first-order valence-electron chi connectivity index (χ1n) is 17.8. The summed E-state index contributed by atoms with van der Waals surface area (Å²) in [4.78, 5) is 25.7. The van der Waals surface area contributed by atoms with Gasteiger partial charge in [-0.1, -0.05) is 170 Å². The van der Waals surface area contributed by atoms with Crippen LogP contribution in [-0.4, -0.2) is 24.9 Å². The molecule has 0 N–H and O–H groups in total. The van der Waals surface area contributed by atoms with E-state index in [1.165, 1.54) is 16.7 Å². The summed E-state index contributed by atoms with van der Waals surface area (Å²) < 4.78 is 0. The van der Waals surface area contributed by atoms with Crippen LogP contribution in [0.25, 0.3) is 67.5 Å². The molecule has 0 fully saturated rings. The molecule has 0 unspecified atom stereocenters. The molecule has 2 heterocycles. The van der Waals surface area contributed by atoms with Gasteiger partial charge in [-0.3, -0.25) is 0 Å². The van der Waals surface area contributed by atoms with Gasteiger partial charge in [-0.05, 0) is 45.2 Å². The lowest BCUT2D eigenvalue weighted by Gasteiger charge is -2.32. The van der Waals surface area contributed by atoms with Crippen LogP contribution in [0.5, 0.6) is 0 Å². The molecular formula is C48H31N5. The fourth-order valence-corrected chi connectivity index (χ4v) is 7.91. The van der Waals surface area contributed by atoms with Crippen molar-refractivity contribution in [1.82, 2.24) is 24.9 Å². The lowest BCUT2D eigenvalue weighted by Crippen LogP contribution is -2.29. The fourth-order valence-electron chi connectivity index (χ4n) is 7.91. The Morgan fingerprint density at radius 2 is 0.774 bits per heavy atom. The van der Waals surface area contributed by atoms with Gasteiger partial charge in [-0.15, -0.1) is 0 Å². The number of rotatable bonds is 6. The van der Waals surface area contributed by atoms with Crippen LogP contribution in [0.15, 0.2) is 188 Å². The molecule has 1 aliphatic rings. The van der Waals surface area contributed by atoms with Crippen LogP contribution >= 0.6 is 0 Å². The highest BCUT2D eigenvalue weighted by Gasteiger charge is 2.47. The topological polar surface area (TPSA) is 64.5 Å². The van der Waals surface area contributed by atoms with E-state index in [1.807, 2.05) is 66.9 Å². The van der Waals surface area contributed by atoms with Crippen LogP contribution in [0.2, 0.25) is 0 Å². The van der Waals surface area contributed by atoms with Crippen molar-refractivity contribution in [2.24, 2.45) is 0 Å². The molecule has 1 aliphatic carbocycles. The first-order valence-corrected chi connectivity index (χ1v) is 17.8. The number of hydrogen-bond donors (Lipinski definition) is 0. The summed E-state index contributed by atoms with van der Waals surface area (Å²) in [5, 5.41) is 2.03. The van der Waals surface area contributed by atoms with Crippen LogP contribution in [0, 0.1) is 0 Å². The minimum atomic E-state index is -0.617. The molecule has 7 aromatic carbocycles. The predicted octanol–water partition coefficient (Wildman–Crippen LogP) is 10.8. The van der Waals surface area contributed by atoms with Gasteiger partial charge in [0.1, 0.15) is 0 Å². The average molecular weight is 678 g/mol. The lowest BCUT2D eigenvalue weighted by molar-refractivity contribution is 0.736. The second kappa shape index (κ2) is 12.6. The summed E-state index contributed by atoms with van der Waals surface area (Å²) in [5.74, 6) is 2.53. The van der Waals surface area contributed by atoms with E-state index in [1.54, 1.807) is 0 Å². The number of nitrogens with zero attached hydrogens (tertiary/aromatic N) is 5. The van der Waals surface area contributed by atoms with Crippen molar-refractivity contribution >= 4 is 10.8 Å². The second-order valence-corrected chi connectivity index (χ2v) is 13.2.